The Hall–Kier alpha value is 0.666. The van der Waals surface area contributed by atoms with Crippen LogP contribution in [0.15, 0.2) is 11.6 Å². The Balaban J connectivity index is 0. The van der Waals surface area contributed by atoms with Gasteiger partial charge in [0.1, 0.15) is 0 Å². The maximum atomic E-state index is 10.2. The first-order valence-electron chi connectivity index (χ1n) is 7.20. The van der Waals surface area contributed by atoms with Gasteiger partial charge in [0, 0.05) is 11.8 Å². The van der Waals surface area contributed by atoms with Gasteiger partial charge in [0.25, 0.3) is 0 Å². The van der Waals surface area contributed by atoms with Crippen LogP contribution >= 0.6 is 11.5 Å². The zero-order valence-corrected chi connectivity index (χ0v) is 12.7. The third-order valence-corrected chi connectivity index (χ3v) is 3.21. The van der Waals surface area contributed by atoms with Gasteiger partial charge in [-0.1, -0.05) is 62.8 Å². The van der Waals surface area contributed by atoms with Gasteiger partial charge in [0.15, 0.2) is 0 Å². The number of carboxylic acid groups (broad SMARTS) is 1. The maximum Gasteiger partial charge on any atom is 0.0620 e. The molecule has 1 heterocycles. The number of aromatic nitrogens is 2. The summed E-state index contributed by atoms with van der Waals surface area (Å²) in [6.07, 6.45) is 13.1. The molecule has 0 bridgehead atoms. The molecule has 0 amide bonds. The van der Waals surface area contributed by atoms with Gasteiger partial charge >= 0.3 is 57.4 Å². The van der Waals surface area contributed by atoms with Crippen LogP contribution in [0.5, 0.6) is 0 Å². The summed E-state index contributed by atoms with van der Waals surface area (Å²) >= 11 is 1.35. The first-order valence-corrected chi connectivity index (χ1v) is 8.03. The Morgan fingerprint density at radius 2 is 1.60 bits per heavy atom. The molecule has 20 heavy (non-hydrogen) atoms. The van der Waals surface area contributed by atoms with E-state index in [1.165, 1.54) is 56.5 Å². The minimum atomic E-state index is -0.659. The van der Waals surface area contributed by atoms with E-state index in [4.69, 9.17) is 5.11 Å². The van der Waals surface area contributed by atoms with Gasteiger partial charge in [-0.05, 0) is 18.0 Å². The molecule has 1 aromatic rings. The molecular formula is C14H27KN2O2S. The van der Waals surface area contributed by atoms with Crippen LogP contribution in [0.25, 0.3) is 0 Å². The SMILES string of the molecule is CCCCCCCCCCCC(=O)O.[KH].c1csnn1. The van der Waals surface area contributed by atoms with Gasteiger partial charge in [-0.2, -0.15) is 0 Å². The van der Waals surface area contributed by atoms with Gasteiger partial charge < -0.3 is 5.11 Å². The Kier molecular flexibility index (Phi) is 22.6. The summed E-state index contributed by atoms with van der Waals surface area (Å²) in [5, 5.41) is 13.7. The number of rotatable bonds is 10. The number of carbonyl (C=O) groups is 1. The molecule has 1 aromatic heterocycles. The van der Waals surface area contributed by atoms with E-state index in [9.17, 15) is 4.79 Å². The smallest absolute Gasteiger partial charge is 0.0620 e. The number of aliphatic carboxylic acids is 1. The summed E-state index contributed by atoms with van der Waals surface area (Å²) < 4.78 is 3.51. The standard InChI is InChI=1S/C12H24O2.C2H2N2S.K.H/c1-2-3-4-5-6-7-8-9-10-11-12(13)14;1-2-5-4-3-1;;/h2-11H2,1H3,(H,13,14);1-2H;;. The summed E-state index contributed by atoms with van der Waals surface area (Å²) in [6.45, 7) is 2.23. The van der Waals surface area contributed by atoms with E-state index in [0.29, 0.717) is 6.42 Å². The Bertz CT molecular complexity index is 267. The zero-order chi connectivity index (χ0) is 14.2. The van der Waals surface area contributed by atoms with Crippen LogP contribution in [0, 0.1) is 0 Å². The maximum absolute atomic E-state index is 10.2. The van der Waals surface area contributed by atoms with E-state index in [1.807, 2.05) is 5.38 Å². The van der Waals surface area contributed by atoms with Crippen molar-refractivity contribution in [1.29, 1.82) is 0 Å². The van der Waals surface area contributed by atoms with Crippen LogP contribution in [0.1, 0.15) is 71.1 Å². The predicted molar refractivity (Wildman–Crippen MR) is 86.5 cm³/mol. The second kappa shape index (κ2) is 19.7. The molecule has 0 radical (unpaired) electrons. The molecule has 1 rings (SSSR count). The van der Waals surface area contributed by atoms with Crippen LogP contribution in [0.4, 0.5) is 0 Å². The predicted octanol–water partition coefficient (Wildman–Crippen LogP) is 3.88. The molecule has 0 aromatic carbocycles. The van der Waals surface area contributed by atoms with Gasteiger partial charge in [-0.15, -0.1) is 5.10 Å². The number of carboxylic acids is 1. The molecule has 1 N–H and O–H groups in total. The van der Waals surface area contributed by atoms with E-state index >= 15 is 0 Å². The number of hydrogen-bond acceptors (Lipinski definition) is 4. The molecule has 0 saturated carbocycles. The third-order valence-electron chi connectivity index (χ3n) is 2.78. The molecule has 0 fully saturated rings. The largest absolute Gasteiger partial charge is 0.147 e. The van der Waals surface area contributed by atoms with Crippen LogP contribution in [0.3, 0.4) is 0 Å². The number of nitrogens with zero attached hydrogens (tertiary/aromatic N) is 2. The van der Waals surface area contributed by atoms with E-state index in [1.54, 1.807) is 6.20 Å². The molecule has 0 atom stereocenters. The molecule has 112 valence electrons. The quantitative estimate of drug-likeness (QED) is 0.523. The fourth-order valence-electron chi connectivity index (χ4n) is 1.72. The Morgan fingerprint density at radius 1 is 1.05 bits per heavy atom. The van der Waals surface area contributed by atoms with Gasteiger partial charge in [0.05, 0.1) is 6.20 Å². The minimum absolute atomic E-state index is 0. The minimum Gasteiger partial charge on any atom is -0.147 e. The fraction of sp³-hybridized carbons (Fsp3) is 0.786. The van der Waals surface area contributed by atoms with Crippen LogP contribution in [-0.4, -0.2) is 72.0 Å². The van der Waals surface area contributed by atoms with Crippen LogP contribution in [-0.2, 0) is 4.79 Å². The van der Waals surface area contributed by atoms with Crippen molar-refractivity contribution in [3.63, 3.8) is 0 Å². The Morgan fingerprint density at radius 3 is 1.95 bits per heavy atom. The molecule has 0 aliphatic carbocycles. The Labute approximate surface area is 169 Å². The van der Waals surface area contributed by atoms with E-state index < -0.39 is 5.97 Å². The van der Waals surface area contributed by atoms with Crippen molar-refractivity contribution in [2.24, 2.45) is 0 Å². The summed E-state index contributed by atoms with van der Waals surface area (Å²) in [6, 6.07) is 0. The number of hydrogen-bond donors (Lipinski definition) is 1. The zero-order valence-electron chi connectivity index (χ0n) is 11.9. The van der Waals surface area contributed by atoms with Crippen LogP contribution in [0.2, 0.25) is 0 Å². The summed E-state index contributed by atoms with van der Waals surface area (Å²) in [7, 11) is 0. The monoisotopic (exact) mass is 326 g/mol. The van der Waals surface area contributed by atoms with Crippen LogP contribution < -0.4 is 0 Å². The molecule has 0 unspecified atom stereocenters. The summed E-state index contributed by atoms with van der Waals surface area (Å²) in [5.74, 6) is -0.659. The van der Waals surface area contributed by atoms with Crippen molar-refractivity contribution in [3.05, 3.63) is 11.6 Å². The summed E-state index contributed by atoms with van der Waals surface area (Å²) in [5.41, 5.74) is 0. The normalized spacial score (nSPS) is 9.25. The van der Waals surface area contributed by atoms with E-state index in [2.05, 4.69) is 16.5 Å². The molecule has 6 heteroatoms. The average Bonchev–Trinajstić information content (AvgIpc) is 2.95. The van der Waals surface area contributed by atoms with Gasteiger partial charge in [-0.3, -0.25) is 4.79 Å². The average molecular weight is 327 g/mol. The van der Waals surface area contributed by atoms with Crippen molar-refractivity contribution in [3.8, 4) is 0 Å². The molecule has 0 saturated heterocycles. The van der Waals surface area contributed by atoms with Crippen molar-refractivity contribution in [1.82, 2.24) is 9.59 Å². The molecular weight excluding hydrogens is 299 g/mol. The fourth-order valence-corrected chi connectivity index (χ4v) is 2.00. The summed E-state index contributed by atoms with van der Waals surface area (Å²) in [4.78, 5) is 10.2. The third kappa shape index (κ3) is 21.0. The molecule has 4 nitrogen and oxygen atoms in total. The topological polar surface area (TPSA) is 63.1 Å². The van der Waals surface area contributed by atoms with Gasteiger partial charge in [0.2, 0.25) is 0 Å². The van der Waals surface area contributed by atoms with Gasteiger partial charge in [-0.25, -0.2) is 0 Å². The number of unbranched alkanes of at least 4 members (excludes halogenated alkanes) is 8. The first-order chi connectivity index (χ1) is 9.27. The molecule has 0 aliphatic heterocycles. The van der Waals surface area contributed by atoms with Crippen molar-refractivity contribution in [2.75, 3.05) is 0 Å². The molecule has 0 aliphatic rings. The second-order valence-electron chi connectivity index (χ2n) is 4.56. The second-order valence-corrected chi connectivity index (χ2v) is 5.21. The van der Waals surface area contributed by atoms with Crippen molar-refractivity contribution < 1.29 is 9.90 Å². The van der Waals surface area contributed by atoms with Crippen molar-refractivity contribution >= 4 is 68.9 Å². The van der Waals surface area contributed by atoms with E-state index in [0.717, 1.165) is 12.8 Å². The molecule has 0 spiro atoms. The first kappa shape index (κ1) is 22.9. The van der Waals surface area contributed by atoms with E-state index in [-0.39, 0.29) is 51.4 Å². The van der Waals surface area contributed by atoms with Crippen molar-refractivity contribution in [2.45, 2.75) is 71.1 Å².